The maximum Gasteiger partial charge on any atom is 0.397 e. The molecule has 16 nitrogen and oxygen atoms in total. The zero-order valence-electron chi connectivity index (χ0n) is 33.4. The maximum atomic E-state index is 12.6. The van der Waals surface area contributed by atoms with Crippen molar-refractivity contribution in [2.45, 2.75) is 172 Å². The van der Waals surface area contributed by atoms with Crippen LogP contribution in [-0.2, 0) is 33.5 Å². The van der Waals surface area contributed by atoms with Crippen molar-refractivity contribution in [1.29, 1.82) is 0 Å². The van der Waals surface area contributed by atoms with Crippen LogP contribution < -0.4 is 0 Å². The van der Waals surface area contributed by atoms with Gasteiger partial charge in [0.05, 0.1) is 43.7 Å². The highest BCUT2D eigenvalue weighted by Gasteiger charge is 2.70. The second-order valence-corrected chi connectivity index (χ2v) is 20.1. The lowest BCUT2D eigenvalue weighted by Crippen LogP contribution is -2.68. The molecule has 20 atom stereocenters. The Bertz CT molecular complexity index is 1440. The number of aliphatic hydroxyl groups is 8. The van der Waals surface area contributed by atoms with E-state index in [1.54, 1.807) is 0 Å². The van der Waals surface area contributed by atoms with Gasteiger partial charge in [0.1, 0.15) is 36.6 Å². The molecule has 0 amide bonds. The van der Waals surface area contributed by atoms with Crippen LogP contribution in [0.4, 0.5) is 0 Å². The van der Waals surface area contributed by atoms with E-state index in [1.807, 2.05) is 0 Å². The monoisotopic (exact) mass is 824 g/mol. The molecule has 6 fully saturated rings. The smallest absolute Gasteiger partial charge is 0.394 e. The van der Waals surface area contributed by atoms with E-state index >= 15 is 0 Å². The van der Waals surface area contributed by atoms with Crippen LogP contribution in [-0.4, -0.2) is 147 Å². The average Bonchev–Trinajstić information content (AvgIpc) is 3.58. The highest BCUT2D eigenvalue weighted by Crippen LogP contribution is 2.70. The maximum absolute atomic E-state index is 12.6. The molecule has 9 N–H and O–H groups in total. The van der Waals surface area contributed by atoms with Crippen LogP contribution in [0.5, 0.6) is 0 Å². The summed E-state index contributed by atoms with van der Waals surface area (Å²) in [5.74, 6) is 0.319. The van der Waals surface area contributed by atoms with Crippen LogP contribution in [0.2, 0.25) is 0 Å². The first-order valence-corrected chi connectivity index (χ1v) is 22.1. The zero-order valence-corrected chi connectivity index (χ0v) is 34.2. The Balaban J connectivity index is 1.09. The molecule has 20 unspecified atom stereocenters. The molecule has 0 aromatic carbocycles. The fourth-order valence-corrected chi connectivity index (χ4v) is 13.2. The molecule has 6 rings (SSSR count). The van der Waals surface area contributed by atoms with Crippen LogP contribution in [0.1, 0.15) is 98.8 Å². The van der Waals surface area contributed by atoms with Gasteiger partial charge < -0.3 is 59.8 Å². The molecule has 2 heterocycles. The molecule has 2 aliphatic heterocycles. The molecule has 0 radical (unpaired) electrons. The molecule has 0 spiro atoms. The molecule has 0 aromatic rings. The Morgan fingerprint density at radius 1 is 0.839 bits per heavy atom. The standard InChI is InChI=1S/C39H68O16S/c1-19(2)21(10-13-51-36-33(32(28(17-40)53-36)55-56(48,49)50)54-35-31(46)30(45)27(44)18-52-35)7-6-20(3)23-15-25(42)34-38(23,5)12-9-29-37(4)11-8-22(41)14-24(37)26(43)16-39(29,34)47/h19-36,40-47H,6-18H2,1-5H3,(H,48,49,50). The first-order chi connectivity index (χ1) is 26.1. The van der Waals surface area contributed by atoms with Gasteiger partial charge in [-0.1, -0.05) is 41.0 Å². The summed E-state index contributed by atoms with van der Waals surface area (Å²) in [7, 11) is -5.05. The van der Waals surface area contributed by atoms with Crippen molar-refractivity contribution in [2.24, 2.45) is 52.3 Å². The Kier molecular flexibility index (Phi) is 13.7. The summed E-state index contributed by atoms with van der Waals surface area (Å²) in [4.78, 5) is 0. The molecular weight excluding hydrogens is 756 g/mol. The second kappa shape index (κ2) is 17.0. The minimum absolute atomic E-state index is 0.0564. The van der Waals surface area contributed by atoms with Gasteiger partial charge in [0.25, 0.3) is 0 Å². The van der Waals surface area contributed by atoms with Crippen molar-refractivity contribution < 1.29 is 77.0 Å². The summed E-state index contributed by atoms with van der Waals surface area (Å²) < 4.78 is 60.7. The van der Waals surface area contributed by atoms with E-state index in [1.165, 1.54) is 0 Å². The number of hydrogen-bond donors (Lipinski definition) is 9. The quantitative estimate of drug-likeness (QED) is 0.110. The average molecular weight is 825 g/mol. The van der Waals surface area contributed by atoms with E-state index in [0.29, 0.717) is 25.7 Å². The molecule has 4 aliphatic carbocycles. The third-order valence-electron chi connectivity index (χ3n) is 15.6. The lowest BCUT2D eigenvalue weighted by atomic mass is 9.42. The minimum Gasteiger partial charge on any atom is -0.394 e. The highest BCUT2D eigenvalue weighted by atomic mass is 32.3. The minimum atomic E-state index is -5.05. The van der Waals surface area contributed by atoms with Gasteiger partial charge in [-0.25, -0.2) is 4.18 Å². The van der Waals surface area contributed by atoms with E-state index in [2.05, 4.69) is 34.6 Å². The van der Waals surface area contributed by atoms with Crippen LogP contribution in [0, 0.1) is 52.3 Å². The van der Waals surface area contributed by atoms with Gasteiger partial charge >= 0.3 is 10.4 Å². The Morgan fingerprint density at radius 3 is 2.20 bits per heavy atom. The van der Waals surface area contributed by atoms with Gasteiger partial charge in [0.2, 0.25) is 0 Å². The molecule has 2 saturated heterocycles. The van der Waals surface area contributed by atoms with E-state index in [4.69, 9.17) is 23.1 Å². The van der Waals surface area contributed by atoms with Gasteiger partial charge in [-0.2, -0.15) is 8.42 Å². The van der Waals surface area contributed by atoms with Gasteiger partial charge in [-0.15, -0.1) is 0 Å². The fourth-order valence-electron chi connectivity index (χ4n) is 12.7. The van der Waals surface area contributed by atoms with E-state index in [0.717, 1.165) is 32.1 Å². The first-order valence-electron chi connectivity index (χ1n) is 20.8. The van der Waals surface area contributed by atoms with Crippen molar-refractivity contribution in [2.75, 3.05) is 19.8 Å². The zero-order chi connectivity index (χ0) is 41.1. The number of aliphatic hydroxyl groups excluding tert-OH is 7. The van der Waals surface area contributed by atoms with Crippen LogP contribution in [0.3, 0.4) is 0 Å². The molecule has 6 aliphatic rings. The van der Waals surface area contributed by atoms with Crippen molar-refractivity contribution in [1.82, 2.24) is 0 Å². The Labute approximate surface area is 330 Å². The van der Waals surface area contributed by atoms with Gasteiger partial charge in [-0.3, -0.25) is 4.55 Å². The predicted molar refractivity (Wildman–Crippen MR) is 198 cm³/mol. The normalized spacial score (nSPS) is 49.3. The SMILES string of the molecule is CC(C)C(CCOC1OC(CO)C(OS(=O)(=O)O)C1OC1OCC(O)C(O)C1O)CCC(C)C1CC(O)C2C1(C)CCC1C3(C)CCC(O)CC3C(O)CC12O. The molecule has 17 heteroatoms. The topological polar surface area (TPSA) is 262 Å². The summed E-state index contributed by atoms with van der Waals surface area (Å²) in [6.07, 6.45) is -7.10. The summed E-state index contributed by atoms with van der Waals surface area (Å²) in [5.41, 5.74) is -1.82. The lowest BCUT2D eigenvalue weighted by Gasteiger charge is -2.66. The molecule has 4 saturated carbocycles. The van der Waals surface area contributed by atoms with Gasteiger partial charge in [-0.05, 0) is 97.7 Å². The lowest BCUT2D eigenvalue weighted by molar-refractivity contribution is -0.302. The van der Waals surface area contributed by atoms with E-state index < -0.39 is 90.1 Å². The van der Waals surface area contributed by atoms with Crippen molar-refractivity contribution >= 4 is 10.4 Å². The van der Waals surface area contributed by atoms with Crippen molar-refractivity contribution in [3.63, 3.8) is 0 Å². The summed E-state index contributed by atoms with van der Waals surface area (Å²) in [6.45, 7) is 9.88. The van der Waals surface area contributed by atoms with Gasteiger partial charge in [0.15, 0.2) is 12.6 Å². The molecular formula is C39H68O16S. The largest absolute Gasteiger partial charge is 0.397 e. The number of rotatable bonds is 14. The number of ether oxygens (including phenoxy) is 4. The van der Waals surface area contributed by atoms with Crippen LogP contribution >= 0.6 is 0 Å². The number of fused-ring (bicyclic) bond motifs is 5. The van der Waals surface area contributed by atoms with Crippen molar-refractivity contribution in [3.05, 3.63) is 0 Å². The summed E-state index contributed by atoms with van der Waals surface area (Å²) in [5, 5.41) is 86.7. The molecule has 0 aromatic heterocycles. The summed E-state index contributed by atoms with van der Waals surface area (Å²) in [6, 6.07) is 0. The van der Waals surface area contributed by atoms with Crippen LogP contribution in [0.25, 0.3) is 0 Å². The fraction of sp³-hybridized carbons (Fsp3) is 1.00. The molecule has 0 bridgehead atoms. The third-order valence-corrected chi connectivity index (χ3v) is 16.0. The Morgan fingerprint density at radius 2 is 1.54 bits per heavy atom. The Hall–Kier alpha value is -0.610. The number of hydrogen-bond acceptors (Lipinski definition) is 15. The van der Waals surface area contributed by atoms with Crippen LogP contribution in [0.15, 0.2) is 0 Å². The predicted octanol–water partition coefficient (Wildman–Crippen LogP) is 0.887. The highest BCUT2D eigenvalue weighted by molar-refractivity contribution is 7.80. The molecule has 56 heavy (non-hydrogen) atoms. The second-order valence-electron chi connectivity index (χ2n) is 19.1. The summed E-state index contributed by atoms with van der Waals surface area (Å²) >= 11 is 0. The van der Waals surface area contributed by atoms with E-state index in [-0.39, 0.29) is 71.9 Å². The van der Waals surface area contributed by atoms with Gasteiger partial charge in [0, 0.05) is 12.3 Å². The first kappa shape index (κ1) is 44.9. The third kappa shape index (κ3) is 8.49. The van der Waals surface area contributed by atoms with Crippen molar-refractivity contribution in [3.8, 4) is 0 Å². The molecule has 326 valence electrons. The van der Waals surface area contributed by atoms with E-state index in [9.17, 15) is 53.8 Å².